The predicted molar refractivity (Wildman–Crippen MR) is 98.2 cm³/mol. The molecule has 3 heterocycles. The molecule has 6 heteroatoms. The lowest BCUT2D eigenvalue weighted by Gasteiger charge is -2.37. The summed E-state index contributed by atoms with van der Waals surface area (Å²) in [6.45, 7) is 10.4. The zero-order valence-electron chi connectivity index (χ0n) is 15.7. The van der Waals surface area contributed by atoms with Crippen molar-refractivity contribution in [3.63, 3.8) is 0 Å². The second-order valence-corrected chi connectivity index (χ2v) is 8.00. The Bertz CT molecular complexity index is 448. The van der Waals surface area contributed by atoms with Crippen LogP contribution in [0, 0.1) is 11.8 Å². The van der Waals surface area contributed by atoms with E-state index in [-0.39, 0.29) is 11.8 Å². The highest BCUT2D eigenvalue weighted by Gasteiger charge is 2.30. The summed E-state index contributed by atoms with van der Waals surface area (Å²) in [5, 5.41) is 3.28. The van der Waals surface area contributed by atoms with Crippen molar-refractivity contribution in [1.29, 1.82) is 0 Å². The summed E-state index contributed by atoms with van der Waals surface area (Å²) in [6, 6.07) is 0. The summed E-state index contributed by atoms with van der Waals surface area (Å²) in [6.07, 6.45) is 4.82. The lowest BCUT2D eigenvalue weighted by atomic mass is 9.92. The number of likely N-dealkylation sites (tertiary alicyclic amines) is 2. The number of piperidine rings is 2. The van der Waals surface area contributed by atoms with Crippen molar-refractivity contribution in [2.24, 2.45) is 11.8 Å². The van der Waals surface area contributed by atoms with Gasteiger partial charge in [-0.15, -0.1) is 0 Å². The molecule has 0 aromatic rings. The molecule has 0 atom stereocenters. The number of hydrogen-bond donors (Lipinski definition) is 1. The molecule has 6 nitrogen and oxygen atoms in total. The number of carbonyl (C=O) groups is 2. The molecule has 3 saturated heterocycles. The predicted octanol–water partition coefficient (Wildman–Crippen LogP) is 0.779. The molecule has 3 aliphatic rings. The normalized spacial score (nSPS) is 24.5. The molecule has 0 aromatic carbocycles. The van der Waals surface area contributed by atoms with Gasteiger partial charge in [0.25, 0.3) is 0 Å². The van der Waals surface area contributed by atoms with Gasteiger partial charge < -0.3 is 20.0 Å². The molecule has 142 valence electrons. The maximum atomic E-state index is 12.7. The van der Waals surface area contributed by atoms with Crippen molar-refractivity contribution in [1.82, 2.24) is 20.0 Å². The molecular weight excluding hydrogens is 316 g/mol. The third-order valence-corrected chi connectivity index (χ3v) is 6.14. The van der Waals surface area contributed by atoms with Gasteiger partial charge in [0, 0.05) is 58.2 Å². The largest absolute Gasteiger partial charge is 0.342 e. The number of carbonyl (C=O) groups excluding carboxylic acids is 2. The van der Waals surface area contributed by atoms with Crippen molar-refractivity contribution in [2.75, 3.05) is 58.9 Å². The van der Waals surface area contributed by atoms with Crippen LogP contribution in [0.15, 0.2) is 0 Å². The van der Waals surface area contributed by atoms with Gasteiger partial charge in [-0.3, -0.25) is 9.59 Å². The maximum Gasteiger partial charge on any atom is 0.225 e. The third-order valence-electron chi connectivity index (χ3n) is 6.14. The van der Waals surface area contributed by atoms with E-state index in [1.165, 1.54) is 0 Å². The Balaban J connectivity index is 1.35. The monoisotopic (exact) mass is 350 g/mol. The van der Waals surface area contributed by atoms with Crippen molar-refractivity contribution >= 4 is 11.8 Å². The molecule has 25 heavy (non-hydrogen) atoms. The SMILES string of the molecule is CC1CCN(C(=O)C2CCN(CCC(=O)N3CCNCC3)CC2)CC1. The summed E-state index contributed by atoms with van der Waals surface area (Å²) >= 11 is 0. The van der Waals surface area contributed by atoms with Gasteiger partial charge in [0.15, 0.2) is 0 Å². The molecule has 2 amide bonds. The van der Waals surface area contributed by atoms with E-state index < -0.39 is 0 Å². The van der Waals surface area contributed by atoms with E-state index in [0.29, 0.717) is 12.3 Å². The minimum Gasteiger partial charge on any atom is -0.342 e. The zero-order chi connectivity index (χ0) is 17.6. The highest BCUT2D eigenvalue weighted by atomic mass is 16.2. The fraction of sp³-hybridized carbons (Fsp3) is 0.895. The van der Waals surface area contributed by atoms with Crippen LogP contribution >= 0.6 is 0 Å². The van der Waals surface area contributed by atoms with Crippen molar-refractivity contribution in [2.45, 2.75) is 39.0 Å². The first-order chi connectivity index (χ1) is 12.1. The molecule has 1 N–H and O–H groups in total. The van der Waals surface area contributed by atoms with E-state index in [2.05, 4.69) is 22.0 Å². The van der Waals surface area contributed by atoms with Crippen LogP contribution in [-0.4, -0.2) is 85.4 Å². The highest BCUT2D eigenvalue weighted by Crippen LogP contribution is 2.23. The topological polar surface area (TPSA) is 55.9 Å². The fourth-order valence-corrected chi connectivity index (χ4v) is 4.22. The van der Waals surface area contributed by atoms with Gasteiger partial charge in [0.05, 0.1) is 0 Å². The summed E-state index contributed by atoms with van der Waals surface area (Å²) in [4.78, 5) is 31.4. The molecule has 3 fully saturated rings. The zero-order valence-corrected chi connectivity index (χ0v) is 15.7. The Morgan fingerprint density at radius 2 is 1.52 bits per heavy atom. The van der Waals surface area contributed by atoms with Crippen LogP contribution in [0.3, 0.4) is 0 Å². The van der Waals surface area contributed by atoms with Crippen LogP contribution in [-0.2, 0) is 9.59 Å². The average Bonchev–Trinajstić information content (AvgIpc) is 2.67. The Hall–Kier alpha value is -1.14. The van der Waals surface area contributed by atoms with E-state index in [1.807, 2.05) is 4.90 Å². The van der Waals surface area contributed by atoms with Crippen molar-refractivity contribution in [3.05, 3.63) is 0 Å². The molecule has 0 unspecified atom stereocenters. The van der Waals surface area contributed by atoms with E-state index in [0.717, 1.165) is 90.5 Å². The molecule has 0 saturated carbocycles. The Kier molecular flexibility index (Phi) is 6.70. The molecule has 0 aromatic heterocycles. The van der Waals surface area contributed by atoms with E-state index in [4.69, 9.17) is 0 Å². The molecule has 3 rings (SSSR count). The lowest BCUT2D eigenvalue weighted by Crippen LogP contribution is -2.48. The van der Waals surface area contributed by atoms with Crippen LogP contribution in [0.4, 0.5) is 0 Å². The minimum atomic E-state index is 0.202. The van der Waals surface area contributed by atoms with Crippen LogP contribution < -0.4 is 5.32 Å². The number of nitrogens with one attached hydrogen (secondary N) is 1. The first-order valence-corrected chi connectivity index (χ1v) is 10.1. The lowest BCUT2D eigenvalue weighted by molar-refractivity contribution is -0.139. The second-order valence-electron chi connectivity index (χ2n) is 8.00. The summed E-state index contributed by atoms with van der Waals surface area (Å²) in [5.74, 6) is 1.62. The minimum absolute atomic E-state index is 0.202. The average molecular weight is 351 g/mol. The fourth-order valence-electron chi connectivity index (χ4n) is 4.22. The van der Waals surface area contributed by atoms with Gasteiger partial charge in [-0.2, -0.15) is 0 Å². The van der Waals surface area contributed by atoms with Crippen LogP contribution in [0.5, 0.6) is 0 Å². The number of piperazine rings is 1. The van der Waals surface area contributed by atoms with E-state index in [1.54, 1.807) is 0 Å². The molecule has 0 bridgehead atoms. The molecule has 0 radical (unpaired) electrons. The standard InChI is InChI=1S/C19H34N4O2/c1-16-2-12-23(13-3-16)19(25)17-4-9-21(10-5-17)11-6-18(24)22-14-7-20-8-15-22/h16-17,20H,2-15H2,1H3. The van der Waals surface area contributed by atoms with Gasteiger partial charge in [0.2, 0.25) is 11.8 Å². The van der Waals surface area contributed by atoms with Crippen LogP contribution in [0.2, 0.25) is 0 Å². The van der Waals surface area contributed by atoms with Gasteiger partial charge in [-0.1, -0.05) is 6.92 Å². The first-order valence-electron chi connectivity index (χ1n) is 10.1. The van der Waals surface area contributed by atoms with Crippen molar-refractivity contribution in [3.8, 4) is 0 Å². The Morgan fingerprint density at radius 1 is 0.880 bits per heavy atom. The van der Waals surface area contributed by atoms with Crippen LogP contribution in [0.1, 0.15) is 39.0 Å². The number of hydrogen-bond acceptors (Lipinski definition) is 4. The maximum absolute atomic E-state index is 12.7. The molecule has 0 spiro atoms. The Morgan fingerprint density at radius 3 is 2.16 bits per heavy atom. The van der Waals surface area contributed by atoms with Crippen LogP contribution in [0.25, 0.3) is 0 Å². The van der Waals surface area contributed by atoms with E-state index in [9.17, 15) is 9.59 Å². The summed E-state index contributed by atoms with van der Waals surface area (Å²) in [5.41, 5.74) is 0. The number of rotatable bonds is 4. The molecule has 0 aliphatic carbocycles. The first kappa shape index (κ1) is 18.6. The van der Waals surface area contributed by atoms with Gasteiger partial charge in [0.1, 0.15) is 0 Å². The summed E-state index contributed by atoms with van der Waals surface area (Å²) < 4.78 is 0. The molecule has 3 aliphatic heterocycles. The number of amides is 2. The highest BCUT2D eigenvalue weighted by molar-refractivity contribution is 5.79. The third kappa shape index (κ3) is 5.17. The second kappa shape index (κ2) is 8.99. The van der Waals surface area contributed by atoms with Gasteiger partial charge in [-0.25, -0.2) is 0 Å². The summed E-state index contributed by atoms with van der Waals surface area (Å²) in [7, 11) is 0. The quantitative estimate of drug-likeness (QED) is 0.814. The number of nitrogens with zero attached hydrogens (tertiary/aromatic N) is 3. The van der Waals surface area contributed by atoms with Crippen molar-refractivity contribution < 1.29 is 9.59 Å². The van der Waals surface area contributed by atoms with Gasteiger partial charge >= 0.3 is 0 Å². The molecular formula is C19H34N4O2. The van der Waals surface area contributed by atoms with Gasteiger partial charge in [-0.05, 0) is 44.7 Å². The smallest absolute Gasteiger partial charge is 0.225 e. The van der Waals surface area contributed by atoms with E-state index >= 15 is 0 Å². The Labute approximate surface area is 151 Å².